The SMILES string of the molecule is C=C(Cc1cccc2cc3ccccc3cc12)C(=O)O. The molecule has 0 saturated carbocycles. The molecule has 0 amide bonds. The minimum atomic E-state index is -0.942. The zero-order valence-electron chi connectivity index (χ0n) is 11.0. The Morgan fingerprint density at radius 1 is 0.950 bits per heavy atom. The number of aliphatic carboxylic acids is 1. The molecule has 3 aromatic rings. The van der Waals surface area contributed by atoms with Gasteiger partial charge in [-0.1, -0.05) is 49.0 Å². The number of fused-ring (bicyclic) bond motifs is 2. The summed E-state index contributed by atoms with van der Waals surface area (Å²) in [5.74, 6) is -0.942. The van der Waals surface area contributed by atoms with Gasteiger partial charge in [-0.15, -0.1) is 0 Å². The van der Waals surface area contributed by atoms with E-state index in [0.717, 1.165) is 21.7 Å². The highest BCUT2D eigenvalue weighted by atomic mass is 16.4. The standard InChI is InChI=1S/C18H14O2/c1-12(18(19)20)9-15-7-4-8-16-10-13-5-2-3-6-14(13)11-17(15)16/h2-8,10-11H,1,9H2,(H,19,20). The Morgan fingerprint density at radius 2 is 1.60 bits per heavy atom. The molecule has 3 aromatic carbocycles. The van der Waals surface area contributed by atoms with Crippen molar-refractivity contribution in [2.75, 3.05) is 0 Å². The summed E-state index contributed by atoms with van der Waals surface area (Å²) in [5, 5.41) is 13.6. The van der Waals surface area contributed by atoms with Gasteiger partial charge in [-0.05, 0) is 39.2 Å². The van der Waals surface area contributed by atoms with E-state index in [9.17, 15) is 4.79 Å². The first-order chi connectivity index (χ1) is 9.65. The second kappa shape index (κ2) is 4.82. The lowest BCUT2D eigenvalue weighted by Crippen LogP contribution is -2.02. The van der Waals surface area contributed by atoms with E-state index in [2.05, 4.69) is 36.9 Å². The summed E-state index contributed by atoms with van der Waals surface area (Å²) in [6.45, 7) is 3.62. The van der Waals surface area contributed by atoms with Crippen LogP contribution in [0.25, 0.3) is 21.5 Å². The average Bonchev–Trinajstić information content (AvgIpc) is 2.45. The van der Waals surface area contributed by atoms with Crippen LogP contribution in [-0.4, -0.2) is 11.1 Å². The maximum atomic E-state index is 11.0. The molecule has 98 valence electrons. The lowest BCUT2D eigenvalue weighted by Gasteiger charge is -2.08. The largest absolute Gasteiger partial charge is 0.478 e. The van der Waals surface area contributed by atoms with E-state index in [0.29, 0.717) is 6.42 Å². The van der Waals surface area contributed by atoms with Crippen LogP contribution in [0.15, 0.2) is 66.7 Å². The Balaban J connectivity index is 2.20. The highest BCUT2D eigenvalue weighted by Crippen LogP contribution is 2.26. The van der Waals surface area contributed by atoms with E-state index in [1.54, 1.807) is 0 Å². The second-order valence-corrected chi connectivity index (χ2v) is 4.92. The number of carboxylic acids is 1. The molecule has 0 spiro atoms. The normalized spacial score (nSPS) is 10.8. The van der Waals surface area contributed by atoms with Crippen molar-refractivity contribution in [3.63, 3.8) is 0 Å². The van der Waals surface area contributed by atoms with Crippen LogP contribution in [0.1, 0.15) is 5.56 Å². The van der Waals surface area contributed by atoms with Gasteiger partial charge in [0, 0.05) is 12.0 Å². The quantitative estimate of drug-likeness (QED) is 0.568. The van der Waals surface area contributed by atoms with Crippen molar-refractivity contribution in [1.29, 1.82) is 0 Å². The zero-order chi connectivity index (χ0) is 14.1. The molecule has 1 N–H and O–H groups in total. The Hall–Kier alpha value is -2.61. The van der Waals surface area contributed by atoms with E-state index < -0.39 is 5.97 Å². The summed E-state index contributed by atoms with van der Waals surface area (Å²) < 4.78 is 0. The molecule has 0 aliphatic heterocycles. The molecule has 3 rings (SSSR count). The third-order valence-electron chi connectivity index (χ3n) is 3.54. The molecule has 0 fully saturated rings. The number of carbonyl (C=O) groups is 1. The first kappa shape index (κ1) is 12.4. The lowest BCUT2D eigenvalue weighted by atomic mass is 9.96. The molecule has 0 aromatic heterocycles. The molecular formula is C18H14O2. The smallest absolute Gasteiger partial charge is 0.331 e. The molecule has 0 aliphatic carbocycles. The molecule has 0 bridgehead atoms. The predicted octanol–water partition coefficient (Wildman–Crippen LogP) is 4.18. The molecule has 0 saturated heterocycles. The average molecular weight is 262 g/mol. The summed E-state index contributed by atoms with van der Waals surface area (Å²) >= 11 is 0. The van der Waals surface area contributed by atoms with Crippen LogP contribution in [0.4, 0.5) is 0 Å². The summed E-state index contributed by atoms with van der Waals surface area (Å²) in [5.41, 5.74) is 1.21. The Morgan fingerprint density at radius 3 is 2.30 bits per heavy atom. The van der Waals surface area contributed by atoms with E-state index in [4.69, 9.17) is 5.11 Å². The number of benzene rings is 3. The maximum Gasteiger partial charge on any atom is 0.331 e. The van der Waals surface area contributed by atoms with E-state index in [-0.39, 0.29) is 5.57 Å². The van der Waals surface area contributed by atoms with Gasteiger partial charge in [-0.3, -0.25) is 0 Å². The van der Waals surface area contributed by atoms with E-state index in [1.807, 2.05) is 24.3 Å². The number of carboxylic acid groups (broad SMARTS) is 1. The summed E-state index contributed by atoms with van der Waals surface area (Å²) in [7, 11) is 0. The Kier molecular flexibility index (Phi) is 2.99. The molecule has 0 atom stereocenters. The highest BCUT2D eigenvalue weighted by molar-refractivity contribution is 6.00. The zero-order valence-corrected chi connectivity index (χ0v) is 11.0. The minimum Gasteiger partial charge on any atom is -0.478 e. The molecule has 0 aliphatic rings. The van der Waals surface area contributed by atoms with Crippen molar-refractivity contribution in [2.24, 2.45) is 0 Å². The van der Waals surface area contributed by atoms with Crippen molar-refractivity contribution < 1.29 is 9.90 Å². The Labute approximate surface area is 117 Å². The molecule has 0 radical (unpaired) electrons. The van der Waals surface area contributed by atoms with Crippen LogP contribution in [0.3, 0.4) is 0 Å². The van der Waals surface area contributed by atoms with Gasteiger partial charge in [0.15, 0.2) is 0 Å². The molecule has 0 unspecified atom stereocenters. The monoisotopic (exact) mass is 262 g/mol. The van der Waals surface area contributed by atoms with Crippen molar-refractivity contribution in [1.82, 2.24) is 0 Å². The van der Waals surface area contributed by atoms with Gasteiger partial charge >= 0.3 is 5.97 Å². The summed E-state index contributed by atoms with van der Waals surface area (Å²) in [6.07, 6.45) is 0.366. The summed E-state index contributed by atoms with van der Waals surface area (Å²) in [4.78, 5) is 11.0. The fourth-order valence-electron chi connectivity index (χ4n) is 2.49. The van der Waals surface area contributed by atoms with Gasteiger partial charge in [0.2, 0.25) is 0 Å². The minimum absolute atomic E-state index is 0.214. The van der Waals surface area contributed by atoms with Crippen molar-refractivity contribution in [3.05, 3.63) is 72.3 Å². The van der Waals surface area contributed by atoms with E-state index in [1.165, 1.54) is 5.39 Å². The molecule has 0 heterocycles. The van der Waals surface area contributed by atoms with Crippen molar-refractivity contribution in [3.8, 4) is 0 Å². The van der Waals surface area contributed by atoms with Gasteiger partial charge in [0.1, 0.15) is 0 Å². The van der Waals surface area contributed by atoms with Gasteiger partial charge < -0.3 is 5.11 Å². The first-order valence-corrected chi connectivity index (χ1v) is 6.46. The highest BCUT2D eigenvalue weighted by Gasteiger charge is 2.08. The van der Waals surface area contributed by atoms with Crippen LogP contribution >= 0.6 is 0 Å². The van der Waals surface area contributed by atoms with Crippen LogP contribution in [0.2, 0.25) is 0 Å². The molecule has 2 nitrogen and oxygen atoms in total. The fraction of sp³-hybridized carbons (Fsp3) is 0.0556. The Bertz CT molecular complexity index is 831. The predicted molar refractivity (Wildman–Crippen MR) is 81.9 cm³/mol. The third kappa shape index (κ3) is 2.16. The number of rotatable bonds is 3. The second-order valence-electron chi connectivity index (χ2n) is 4.92. The summed E-state index contributed by atoms with van der Waals surface area (Å²) in [6, 6.07) is 18.4. The molecular weight excluding hydrogens is 248 g/mol. The number of hydrogen-bond acceptors (Lipinski definition) is 1. The fourth-order valence-corrected chi connectivity index (χ4v) is 2.49. The first-order valence-electron chi connectivity index (χ1n) is 6.46. The van der Waals surface area contributed by atoms with Gasteiger partial charge in [0.25, 0.3) is 0 Å². The van der Waals surface area contributed by atoms with Gasteiger partial charge in [-0.2, -0.15) is 0 Å². The number of hydrogen-bond donors (Lipinski definition) is 1. The van der Waals surface area contributed by atoms with E-state index >= 15 is 0 Å². The maximum absolute atomic E-state index is 11.0. The van der Waals surface area contributed by atoms with Gasteiger partial charge in [-0.25, -0.2) is 4.79 Å². The lowest BCUT2D eigenvalue weighted by molar-refractivity contribution is -0.132. The third-order valence-corrected chi connectivity index (χ3v) is 3.54. The topological polar surface area (TPSA) is 37.3 Å². The van der Waals surface area contributed by atoms with Crippen molar-refractivity contribution in [2.45, 2.75) is 6.42 Å². The molecule has 20 heavy (non-hydrogen) atoms. The molecule has 2 heteroatoms. The van der Waals surface area contributed by atoms with Crippen molar-refractivity contribution >= 4 is 27.5 Å². The van der Waals surface area contributed by atoms with Crippen LogP contribution in [-0.2, 0) is 11.2 Å². The van der Waals surface area contributed by atoms with Crippen LogP contribution in [0.5, 0.6) is 0 Å². The van der Waals surface area contributed by atoms with Crippen LogP contribution in [0, 0.1) is 0 Å². The van der Waals surface area contributed by atoms with Crippen LogP contribution < -0.4 is 0 Å². The van der Waals surface area contributed by atoms with Gasteiger partial charge in [0.05, 0.1) is 0 Å².